The molecular formula is C18H26N4O3. The molecule has 0 radical (unpaired) electrons. The Labute approximate surface area is 148 Å². The lowest BCUT2D eigenvalue weighted by Crippen LogP contribution is -2.48. The van der Waals surface area contributed by atoms with E-state index >= 15 is 0 Å². The Balaban J connectivity index is 1.56. The number of nitrogens with zero attached hydrogens (tertiary/aromatic N) is 2. The van der Waals surface area contributed by atoms with E-state index in [1.54, 1.807) is 6.20 Å². The first-order valence-electron chi connectivity index (χ1n) is 9.09. The maximum atomic E-state index is 12.4. The van der Waals surface area contributed by atoms with Crippen molar-refractivity contribution in [2.24, 2.45) is 0 Å². The number of hydrogen-bond donors (Lipinski definition) is 2. The Morgan fingerprint density at radius 2 is 2.24 bits per heavy atom. The lowest BCUT2D eigenvalue weighted by molar-refractivity contribution is -0.131. The molecule has 2 heterocycles. The van der Waals surface area contributed by atoms with Gasteiger partial charge in [-0.1, -0.05) is 19.8 Å². The van der Waals surface area contributed by atoms with E-state index in [0.717, 1.165) is 25.2 Å². The van der Waals surface area contributed by atoms with Crippen molar-refractivity contribution in [1.82, 2.24) is 10.3 Å². The van der Waals surface area contributed by atoms with Gasteiger partial charge in [-0.05, 0) is 31.4 Å². The van der Waals surface area contributed by atoms with Gasteiger partial charge in [0.15, 0.2) is 0 Å². The van der Waals surface area contributed by atoms with E-state index in [9.17, 15) is 9.59 Å². The molecule has 1 saturated carbocycles. The molecular weight excluding hydrogens is 320 g/mol. The van der Waals surface area contributed by atoms with Gasteiger partial charge in [-0.3, -0.25) is 9.59 Å². The van der Waals surface area contributed by atoms with Crippen molar-refractivity contribution in [3.63, 3.8) is 0 Å². The standard InChI is InChI=1S/C18H26N4O3/c1-2-15(25-14-5-3-4-6-14)18(24)21-13-7-8-16(20-11-13)22-10-9-19-17(23)12-22/h7-8,11,14-15H,2-6,9-10,12H2,1H3,(H,19,23)(H,21,24). The predicted octanol–water partition coefficient (Wildman–Crippen LogP) is 1.69. The van der Waals surface area contributed by atoms with Crippen LogP contribution in [0, 0.1) is 0 Å². The Kier molecular flexibility index (Phi) is 5.86. The number of rotatable bonds is 6. The molecule has 2 aliphatic rings. The van der Waals surface area contributed by atoms with Crippen molar-refractivity contribution in [2.45, 2.75) is 51.2 Å². The SMILES string of the molecule is CCC(OC1CCCC1)C(=O)Nc1ccc(N2CCNC(=O)C2)nc1. The monoisotopic (exact) mass is 346 g/mol. The minimum absolute atomic E-state index is 0.000258. The molecule has 0 aromatic carbocycles. The number of carbonyl (C=O) groups excluding carboxylic acids is 2. The third kappa shape index (κ3) is 4.69. The highest BCUT2D eigenvalue weighted by Gasteiger charge is 2.24. The van der Waals surface area contributed by atoms with Crippen LogP contribution < -0.4 is 15.5 Å². The van der Waals surface area contributed by atoms with Gasteiger partial charge in [-0.2, -0.15) is 0 Å². The maximum absolute atomic E-state index is 12.4. The first-order chi connectivity index (χ1) is 12.2. The van der Waals surface area contributed by atoms with Crippen molar-refractivity contribution in [3.05, 3.63) is 18.3 Å². The second-order valence-electron chi connectivity index (χ2n) is 6.61. The van der Waals surface area contributed by atoms with Crippen LogP contribution in [0.2, 0.25) is 0 Å². The summed E-state index contributed by atoms with van der Waals surface area (Å²) in [5.41, 5.74) is 0.642. The molecule has 1 aromatic heterocycles. The number of ether oxygens (including phenoxy) is 1. The molecule has 2 fully saturated rings. The van der Waals surface area contributed by atoms with E-state index in [0.29, 0.717) is 25.2 Å². The van der Waals surface area contributed by atoms with Crippen molar-refractivity contribution in [1.29, 1.82) is 0 Å². The molecule has 1 unspecified atom stereocenters. The van der Waals surface area contributed by atoms with Gasteiger partial charge in [0.05, 0.1) is 24.5 Å². The molecule has 1 atom stereocenters. The smallest absolute Gasteiger partial charge is 0.253 e. The molecule has 7 heteroatoms. The highest BCUT2D eigenvalue weighted by Crippen LogP contribution is 2.23. The molecule has 2 amide bonds. The summed E-state index contributed by atoms with van der Waals surface area (Å²) in [5, 5.41) is 5.67. The van der Waals surface area contributed by atoms with E-state index in [4.69, 9.17) is 4.74 Å². The van der Waals surface area contributed by atoms with Crippen molar-refractivity contribution in [3.8, 4) is 0 Å². The third-order valence-corrected chi connectivity index (χ3v) is 4.70. The zero-order chi connectivity index (χ0) is 17.6. The minimum atomic E-state index is -0.423. The van der Waals surface area contributed by atoms with E-state index in [-0.39, 0.29) is 17.9 Å². The van der Waals surface area contributed by atoms with Crippen LogP contribution in [0.3, 0.4) is 0 Å². The fourth-order valence-electron chi connectivity index (χ4n) is 3.30. The Morgan fingerprint density at radius 3 is 2.88 bits per heavy atom. The minimum Gasteiger partial charge on any atom is -0.365 e. The summed E-state index contributed by atoms with van der Waals surface area (Å²) in [5.74, 6) is 0.615. The van der Waals surface area contributed by atoms with Gasteiger partial charge in [-0.15, -0.1) is 0 Å². The van der Waals surface area contributed by atoms with Crippen LogP contribution in [0.15, 0.2) is 18.3 Å². The zero-order valence-electron chi connectivity index (χ0n) is 14.7. The summed E-state index contributed by atoms with van der Waals surface area (Å²) >= 11 is 0. The molecule has 1 aliphatic carbocycles. The molecule has 0 bridgehead atoms. The van der Waals surface area contributed by atoms with Crippen molar-refractivity contribution >= 4 is 23.3 Å². The second kappa shape index (κ2) is 8.29. The van der Waals surface area contributed by atoms with Crippen LogP contribution in [-0.4, -0.2) is 48.6 Å². The van der Waals surface area contributed by atoms with E-state index < -0.39 is 6.10 Å². The summed E-state index contributed by atoms with van der Waals surface area (Å²) in [4.78, 5) is 30.2. The summed E-state index contributed by atoms with van der Waals surface area (Å²) in [6.45, 7) is 3.63. The van der Waals surface area contributed by atoms with Gasteiger partial charge in [0, 0.05) is 13.1 Å². The summed E-state index contributed by atoms with van der Waals surface area (Å²) < 4.78 is 5.94. The summed E-state index contributed by atoms with van der Waals surface area (Å²) in [7, 11) is 0. The van der Waals surface area contributed by atoms with Crippen LogP contribution in [0.1, 0.15) is 39.0 Å². The van der Waals surface area contributed by atoms with Crippen molar-refractivity contribution in [2.75, 3.05) is 29.9 Å². The Bertz CT molecular complexity index is 599. The largest absolute Gasteiger partial charge is 0.365 e. The number of nitrogens with one attached hydrogen (secondary N) is 2. The van der Waals surface area contributed by atoms with Gasteiger partial charge >= 0.3 is 0 Å². The van der Waals surface area contributed by atoms with Gasteiger partial charge in [0.2, 0.25) is 5.91 Å². The van der Waals surface area contributed by atoms with E-state index in [2.05, 4.69) is 15.6 Å². The average Bonchev–Trinajstić information content (AvgIpc) is 3.13. The fraction of sp³-hybridized carbons (Fsp3) is 0.611. The maximum Gasteiger partial charge on any atom is 0.253 e. The quantitative estimate of drug-likeness (QED) is 0.819. The number of pyridine rings is 1. The van der Waals surface area contributed by atoms with Crippen LogP contribution >= 0.6 is 0 Å². The zero-order valence-corrected chi connectivity index (χ0v) is 14.7. The summed E-state index contributed by atoms with van der Waals surface area (Å²) in [6, 6.07) is 3.64. The molecule has 1 aromatic rings. The molecule has 1 saturated heterocycles. The number of hydrogen-bond acceptors (Lipinski definition) is 5. The van der Waals surface area contributed by atoms with Crippen LogP contribution in [0.5, 0.6) is 0 Å². The number of aromatic nitrogens is 1. The second-order valence-corrected chi connectivity index (χ2v) is 6.61. The molecule has 7 nitrogen and oxygen atoms in total. The molecule has 2 N–H and O–H groups in total. The highest BCUT2D eigenvalue weighted by molar-refractivity contribution is 5.94. The average molecular weight is 346 g/mol. The lowest BCUT2D eigenvalue weighted by atomic mass is 10.2. The first kappa shape index (κ1) is 17.7. The van der Waals surface area contributed by atoms with Crippen LogP contribution in [0.25, 0.3) is 0 Å². The van der Waals surface area contributed by atoms with E-state index in [1.165, 1.54) is 12.8 Å². The highest BCUT2D eigenvalue weighted by atomic mass is 16.5. The number of carbonyl (C=O) groups is 2. The van der Waals surface area contributed by atoms with Gasteiger partial charge in [-0.25, -0.2) is 4.98 Å². The molecule has 136 valence electrons. The molecule has 1 aliphatic heterocycles. The lowest BCUT2D eigenvalue weighted by Gasteiger charge is -2.27. The van der Waals surface area contributed by atoms with Crippen LogP contribution in [0.4, 0.5) is 11.5 Å². The fourth-order valence-corrected chi connectivity index (χ4v) is 3.30. The third-order valence-electron chi connectivity index (χ3n) is 4.70. The number of piperazine rings is 1. The van der Waals surface area contributed by atoms with Crippen molar-refractivity contribution < 1.29 is 14.3 Å². The normalized spacial score (nSPS) is 19.6. The van der Waals surface area contributed by atoms with E-state index in [1.807, 2.05) is 24.0 Å². The Hall–Kier alpha value is -2.15. The number of amides is 2. The topological polar surface area (TPSA) is 83.6 Å². The molecule has 25 heavy (non-hydrogen) atoms. The van der Waals surface area contributed by atoms with Gasteiger partial charge in [0.1, 0.15) is 11.9 Å². The summed E-state index contributed by atoms with van der Waals surface area (Å²) in [6.07, 6.45) is 6.52. The predicted molar refractivity (Wildman–Crippen MR) is 95.5 cm³/mol. The molecule has 0 spiro atoms. The van der Waals surface area contributed by atoms with Gasteiger partial charge in [0.25, 0.3) is 5.91 Å². The number of anilines is 2. The Morgan fingerprint density at radius 1 is 1.44 bits per heavy atom. The van der Waals surface area contributed by atoms with Crippen LogP contribution in [-0.2, 0) is 14.3 Å². The first-order valence-corrected chi connectivity index (χ1v) is 9.09. The van der Waals surface area contributed by atoms with Gasteiger partial charge < -0.3 is 20.3 Å². The molecule has 3 rings (SSSR count).